The van der Waals surface area contributed by atoms with E-state index < -0.39 is 17.7 Å². The standard InChI is InChI=1S/C22H28N2O4/c1-22(2,3)28-21(26)24-19(15-27-4)20(25)23-14-16-10-12-18(13-11-16)17-8-6-5-7-9-17/h5-13,19H,14-15H2,1-4H3,(H,23,25)(H,24,26)/t19-/m1/s1. The van der Waals surface area contributed by atoms with Crippen LogP contribution < -0.4 is 10.6 Å². The maximum absolute atomic E-state index is 12.4. The molecule has 0 saturated carbocycles. The summed E-state index contributed by atoms with van der Waals surface area (Å²) in [6.45, 7) is 5.69. The Balaban J connectivity index is 1.92. The van der Waals surface area contributed by atoms with Gasteiger partial charge in [-0.2, -0.15) is 0 Å². The van der Waals surface area contributed by atoms with Gasteiger partial charge in [-0.05, 0) is 37.5 Å². The zero-order valence-electron chi connectivity index (χ0n) is 16.8. The molecule has 0 bridgehead atoms. The van der Waals surface area contributed by atoms with Crippen molar-refractivity contribution in [2.75, 3.05) is 13.7 Å². The lowest BCUT2D eigenvalue weighted by Crippen LogP contribution is -2.50. The maximum Gasteiger partial charge on any atom is 0.408 e. The van der Waals surface area contributed by atoms with Crippen molar-refractivity contribution in [3.8, 4) is 11.1 Å². The SMILES string of the molecule is COC[C@@H](NC(=O)OC(C)(C)C)C(=O)NCc1ccc(-c2ccccc2)cc1. The van der Waals surface area contributed by atoms with Crippen molar-refractivity contribution in [1.82, 2.24) is 10.6 Å². The van der Waals surface area contributed by atoms with E-state index in [0.29, 0.717) is 6.54 Å². The van der Waals surface area contributed by atoms with Crippen molar-refractivity contribution in [3.05, 3.63) is 60.2 Å². The van der Waals surface area contributed by atoms with Crippen molar-refractivity contribution in [3.63, 3.8) is 0 Å². The summed E-state index contributed by atoms with van der Waals surface area (Å²) in [5.74, 6) is -0.333. The Kier molecular flexibility index (Phi) is 7.58. The third-order valence-corrected chi connectivity index (χ3v) is 3.87. The minimum atomic E-state index is -0.830. The second kappa shape index (κ2) is 9.90. The normalized spacial score (nSPS) is 12.1. The molecule has 0 aromatic heterocycles. The number of nitrogens with one attached hydrogen (secondary N) is 2. The molecular formula is C22H28N2O4. The summed E-state index contributed by atoms with van der Waals surface area (Å²) < 4.78 is 10.2. The van der Waals surface area contributed by atoms with Crippen molar-refractivity contribution in [2.24, 2.45) is 0 Å². The molecule has 6 heteroatoms. The van der Waals surface area contributed by atoms with E-state index in [9.17, 15) is 9.59 Å². The van der Waals surface area contributed by atoms with Gasteiger partial charge in [0, 0.05) is 13.7 Å². The number of amides is 2. The quantitative estimate of drug-likeness (QED) is 0.766. The second-order valence-corrected chi connectivity index (χ2v) is 7.43. The molecule has 150 valence electrons. The van der Waals surface area contributed by atoms with Crippen molar-refractivity contribution >= 4 is 12.0 Å². The monoisotopic (exact) mass is 384 g/mol. The number of benzene rings is 2. The number of methoxy groups -OCH3 is 1. The molecule has 1 atom stereocenters. The van der Waals surface area contributed by atoms with E-state index in [2.05, 4.69) is 22.8 Å². The second-order valence-electron chi connectivity index (χ2n) is 7.43. The first-order valence-electron chi connectivity index (χ1n) is 9.19. The van der Waals surface area contributed by atoms with Crippen molar-refractivity contribution < 1.29 is 19.1 Å². The predicted molar refractivity (Wildman–Crippen MR) is 109 cm³/mol. The Bertz CT molecular complexity index is 767. The van der Waals surface area contributed by atoms with Gasteiger partial charge in [0.15, 0.2) is 0 Å². The van der Waals surface area contributed by atoms with E-state index in [1.54, 1.807) is 20.8 Å². The van der Waals surface area contributed by atoms with Crippen LogP contribution in [0.4, 0.5) is 4.79 Å². The number of alkyl carbamates (subject to hydrolysis) is 1. The minimum absolute atomic E-state index is 0.0536. The molecule has 2 amide bonds. The molecule has 2 aromatic rings. The smallest absolute Gasteiger partial charge is 0.408 e. The molecular weight excluding hydrogens is 356 g/mol. The Morgan fingerprint density at radius 3 is 2.14 bits per heavy atom. The highest BCUT2D eigenvalue weighted by molar-refractivity contribution is 5.85. The summed E-state index contributed by atoms with van der Waals surface area (Å²) in [7, 11) is 1.47. The summed E-state index contributed by atoms with van der Waals surface area (Å²) in [5, 5.41) is 5.37. The molecule has 0 spiro atoms. The lowest BCUT2D eigenvalue weighted by atomic mass is 10.0. The van der Waals surface area contributed by atoms with Gasteiger partial charge in [-0.1, -0.05) is 54.6 Å². The Hall–Kier alpha value is -2.86. The first kappa shape index (κ1) is 21.4. The highest BCUT2D eigenvalue weighted by atomic mass is 16.6. The fourth-order valence-corrected chi connectivity index (χ4v) is 2.56. The Labute approximate surface area is 166 Å². The summed E-state index contributed by atoms with van der Waals surface area (Å²) in [5.41, 5.74) is 2.57. The van der Waals surface area contributed by atoms with Gasteiger partial charge < -0.3 is 20.1 Å². The van der Waals surface area contributed by atoms with Crippen molar-refractivity contribution in [2.45, 2.75) is 39.0 Å². The first-order valence-corrected chi connectivity index (χ1v) is 9.19. The van der Waals surface area contributed by atoms with Crippen LogP contribution in [0.2, 0.25) is 0 Å². The predicted octanol–water partition coefficient (Wildman–Crippen LogP) is 3.51. The highest BCUT2D eigenvalue weighted by Gasteiger charge is 2.24. The van der Waals surface area contributed by atoms with E-state index in [4.69, 9.17) is 9.47 Å². The van der Waals surface area contributed by atoms with Crippen LogP contribution in [0.15, 0.2) is 54.6 Å². The summed E-state index contributed by atoms with van der Waals surface area (Å²) in [4.78, 5) is 24.4. The van der Waals surface area contributed by atoms with Crippen molar-refractivity contribution in [1.29, 1.82) is 0 Å². The fraction of sp³-hybridized carbons (Fsp3) is 0.364. The zero-order valence-corrected chi connectivity index (χ0v) is 16.8. The topological polar surface area (TPSA) is 76.7 Å². The molecule has 28 heavy (non-hydrogen) atoms. The van der Waals surface area contributed by atoms with Crippen LogP contribution in [-0.4, -0.2) is 37.4 Å². The number of carbonyl (C=O) groups is 2. The average molecular weight is 384 g/mol. The third kappa shape index (κ3) is 7.04. The van der Waals surface area contributed by atoms with Crippen LogP contribution in [0.5, 0.6) is 0 Å². The molecule has 0 fully saturated rings. The van der Waals surface area contributed by atoms with Gasteiger partial charge in [-0.15, -0.1) is 0 Å². The summed E-state index contributed by atoms with van der Waals surface area (Å²) in [6, 6.07) is 17.2. The number of ether oxygens (including phenoxy) is 2. The van der Waals surface area contributed by atoms with E-state index in [1.807, 2.05) is 42.5 Å². The molecule has 2 rings (SSSR count). The van der Waals surface area contributed by atoms with Crippen LogP contribution in [0.25, 0.3) is 11.1 Å². The fourth-order valence-electron chi connectivity index (χ4n) is 2.56. The summed E-state index contributed by atoms with van der Waals surface area (Å²) in [6.07, 6.45) is -0.656. The van der Waals surface area contributed by atoms with E-state index in [0.717, 1.165) is 16.7 Å². The molecule has 0 unspecified atom stereocenters. The maximum atomic E-state index is 12.4. The molecule has 6 nitrogen and oxygen atoms in total. The summed E-state index contributed by atoms with van der Waals surface area (Å²) >= 11 is 0. The zero-order chi connectivity index (χ0) is 20.6. The van der Waals surface area contributed by atoms with Crippen LogP contribution in [0.1, 0.15) is 26.3 Å². The van der Waals surface area contributed by atoms with Gasteiger partial charge in [0.25, 0.3) is 0 Å². The van der Waals surface area contributed by atoms with Gasteiger partial charge in [-0.3, -0.25) is 4.79 Å². The molecule has 0 aliphatic heterocycles. The third-order valence-electron chi connectivity index (χ3n) is 3.87. The molecule has 0 aliphatic rings. The number of carbonyl (C=O) groups excluding carboxylic acids is 2. The highest BCUT2D eigenvalue weighted by Crippen LogP contribution is 2.19. The molecule has 2 N–H and O–H groups in total. The van der Waals surface area contributed by atoms with Crippen LogP contribution >= 0.6 is 0 Å². The van der Waals surface area contributed by atoms with Gasteiger partial charge in [0.1, 0.15) is 11.6 Å². The average Bonchev–Trinajstić information content (AvgIpc) is 2.65. The number of rotatable bonds is 7. The Morgan fingerprint density at radius 2 is 1.57 bits per heavy atom. The number of hydrogen-bond acceptors (Lipinski definition) is 4. The molecule has 0 heterocycles. The van der Waals surface area contributed by atoms with Gasteiger partial charge in [-0.25, -0.2) is 4.79 Å². The molecule has 0 aliphatic carbocycles. The molecule has 2 aromatic carbocycles. The largest absolute Gasteiger partial charge is 0.444 e. The van der Waals surface area contributed by atoms with E-state index >= 15 is 0 Å². The van der Waals surface area contributed by atoms with Gasteiger partial charge >= 0.3 is 6.09 Å². The van der Waals surface area contributed by atoms with E-state index in [1.165, 1.54) is 7.11 Å². The molecule has 0 radical (unpaired) electrons. The minimum Gasteiger partial charge on any atom is -0.444 e. The van der Waals surface area contributed by atoms with E-state index in [-0.39, 0.29) is 12.5 Å². The Morgan fingerprint density at radius 1 is 0.964 bits per heavy atom. The lowest BCUT2D eigenvalue weighted by molar-refractivity contribution is -0.124. The van der Waals surface area contributed by atoms with Crippen LogP contribution in [-0.2, 0) is 20.8 Å². The van der Waals surface area contributed by atoms with Crippen LogP contribution in [0.3, 0.4) is 0 Å². The molecule has 0 saturated heterocycles. The lowest BCUT2D eigenvalue weighted by Gasteiger charge is -2.23. The van der Waals surface area contributed by atoms with Crippen LogP contribution in [0, 0.1) is 0 Å². The van der Waals surface area contributed by atoms with Gasteiger partial charge in [0.2, 0.25) is 5.91 Å². The van der Waals surface area contributed by atoms with Gasteiger partial charge in [0.05, 0.1) is 6.61 Å². The first-order chi connectivity index (χ1) is 13.3. The number of hydrogen-bond donors (Lipinski definition) is 2.